The van der Waals surface area contributed by atoms with E-state index in [9.17, 15) is 8.42 Å². The molecule has 1 heterocycles. The van der Waals surface area contributed by atoms with Gasteiger partial charge >= 0.3 is 0 Å². The largest absolute Gasteiger partial charge is 0.363 e. The van der Waals surface area contributed by atoms with Gasteiger partial charge in [0.25, 0.3) is 0 Å². The minimum Gasteiger partial charge on any atom is -0.363 e. The summed E-state index contributed by atoms with van der Waals surface area (Å²) < 4.78 is 26.9. The predicted molar refractivity (Wildman–Crippen MR) is 83.5 cm³/mol. The van der Waals surface area contributed by atoms with Crippen molar-refractivity contribution in [3.05, 3.63) is 53.9 Å². The Balaban J connectivity index is 1.83. The van der Waals surface area contributed by atoms with Crippen molar-refractivity contribution in [1.82, 2.24) is 15.0 Å². The lowest BCUT2D eigenvalue weighted by atomic mass is 10.1. The van der Waals surface area contributed by atoms with Crippen molar-refractivity contribution in [3.63, 3.8) is 0 Å². The van der Waals surface area contributed by atoms with Crippen molar-refractivity contribution in [3.8, 4) is 0 Å². The minimum atomic E-state index is -3.42. The van der Waals surface area contributed by atoms with E-state index < -0.39 is 10.0 Å². The average molecular weight is 307 g/mol. The number of nitrogens with one attached hydrogen (secondary N) is 3. The van der Waals surface area contributed by atoms with Gasteiger partial charge in [0.15, 0.2) is 0 Å². The van der Waals surface area contributed by atoms with Gasteiger partial charge in [-0.15, -0.1) is 0 Å². The normalized spacial score (nSPS) is 11.7. The van der Waals surface area contributed by atoms with Crippen molar-refractivity contribution in [2.45, 2.75) is 24.3 Å². The van der Waals surface area contributed by atoms with Gasteiger partial charge < -0.3 is 10.3 Å². The maximum absolute atomic E-state index is 12.1. The van der Waals surface area contributed by atoms with Crippen LogP contribution in [0.5, 0.6) is 0 Å². The molecule has 2 rings (SSSR count). The monoisotopic (exact) mass is 307 g/mol. The number of H-pyrrole nitrogens is 1. The zero-order chi connectivity index (χ0) is 15.1. The molecule has 6 heteroatoms. The Morgan fingerprint density at radius 2 is 1.95 bits per heavy atom. The van der Waals surface area contributed by atoms with Gasteiger partial charge in [0.2, 0.25) is 10.0 Å². The molecule has 0 bridgehead atoms. The van der Waals surface area contributed by atoms with Gasteiger partial charge in [0.1, 0.15) is 0 Å². The molecule has 0 aliphatic heterocycles. The summed E-state index contributed by atoms with van der Waals surface area (Å²) in [6.45, 7) is 1.05. The number of sulfonamides is 1. The molecular formula is C15H21N3O2S. The van der Waals surface area contributed by atoms with E-state index in [2.05, 4.69) is 15.0 Å². The predicted octanol–water partition coefficient (Wildman–Crippen LogP) is 1.65. The van der Waals surface area contributed by atoms with Crippen LogP contribution in [0.3, 0.4) is 0 Å². The third-order valence-electron chi connectivity index (χ3n) is 3.17. The zero-order valence-corrected chi connectivity index (χ0v) is 12.9. The van der Waals surface area contributed by atoms with Crippen LogP contribution in [0.15, 0.2) is 47.5 Å². The first-order chi connectivity index (χ1) is 10.1. The topological polar surface area (TPSA) is 74.0 Å². The fourth-order valence-electron chi connectivity index (χ4n) is 2.09. The number of rotatable bonds is 8. The number of hydrogen-bond donors (Lipinski definition) is 3. The van der Waals surface area contributed by atoms with Crippen LogP contribution in [-0.4, -0.2) is 27.0 Å². The Morgan fingerprint density at radius 1 is 1.19 bits per heavy atom. The van der Waals surface area contributed by atoms with Gasteiger partial charge in [0.05, 0.1) is 4.90 Å². The Labute approximate surface area is 125 Å². The van der Waals surface area contributed by atoms with Crippen molar-refractivity contribution in [2.75, 3.05) is 13.6 Å². The van der Waals surface area contributed by atoms with Crippen LogP contribution in [0.2, 0.25) is 0 Å². The van der Waals surface area contributed by atoms with Crippen LogP contribution in [0, 0.1) is 0 Å². The standard InChI is InChI=1S/C15H21N3O2S/c1-16-11-14-10-15(12-17-14)21(19,20)18-9-5-8-13-6-3-2-4-7-13/h2-4,6-7,10,12,16-18H,5,8-9,11H2,1H3. The molecule has 0 aliphatic rings. The molecule has 1 aromatic heterocycles. The molecule has 114 valence electrons. The molecule has 0 saturated heterocycles. The molecule has 1 aromatic carbocycles. The second-order valence-corrected chi connectivity index (χ2v) is 6.64. The van der Waals surface area contributed by atoms with Crippen LogP contribution in [0.1, 0.15) is 17.7 Å². The molecule has 0 aliphatic carbocycles. The third kappa shape index (κ3) is 4.70. The van der Waals surface area contributed by atoms with E-state index in [0.29, 0.717) is 13.1 Å². The van der Waals surface area contributed by atoms with Gasteiger partial charge in [-0.2, -0.15) is 0 Å². The van der Waals surface area contributed by atoms with E-state index in [-0.39, 0.29) is 4.90 Å². The van der Waals surface area contributed by atoms with Gasteiger partial charge in [-0.05, 0) is 31.5 Å². The third-order valence-corrected chi connectivity index (χ3v) is 4.61. The molecular weight excluding hydrogens is 286 g/mol. The summed E-state index contributed by atoms with van der Waals surface area (Å²) in [7, 11) is -1.60. The van der Waals surface area contributed by atoms with Crippen molar-refractivity contribution in [2.24, 2.45) is 0 Å². The summed E-state index contributed by atoms with van der Waals surface area (Å²) in [5.41, 5.74) is 2.07. The van der Waals surface area contributed by atoms with Crippen molar-refractivity contribution in [1.29, 1.82) is 0 Å². The lowest BCUT2D eigenvalue weighted by Crippen LogP contribution is -2.24. The molecule has 3 N–H and O–H groups in total. The van der Waals surface area contributed by atoms with E-state index in [4.69, 9.17) is 0 Å². The second kappa shape index (κ2) is 7.40. The first-order valence-corrected chi connectivity index (χ1v) is 8.45. The molecule has 0 saturated carbocycles. The van der Waals surface area contributed by atoms with Crippen molar-refractivity contribution >= 4 is 10.0 Å². The summed E-state index contributed by atoms with van der Waals surface area (Å²) >= 11 is 0. The fraction of sp³-hybridized carbons (Fsp3) is 0.333. The second-order valence-electron chi connectivity index (χ2n) is 4.88. The Hall–Kier alpha value is -1.63. The number of aryl methyl sites for hydroxylation is 1. The highest BCUT2D eigenvalue weighted by molar-refractivity contribution is 7.89. The molecule has 0 fully saturated rings. The van der Waals surface area contributed by atoms with Gasteiger partial charge in [-0.1, -0.05) is 30.3 Å². The van der Waals surface area contributed by atoms with Crippen LogP contribution in [0.4, 0.5) is 0 Å². The Bertz CT molecular complexity index is 651. The highest BCUT2D eigenvalue weighted by Gasteiger charge is 2.15. The van der Waals surface area contributed by atoms with E-state index in [1.807, 2.05) is 37.4 Å². The minimum absolute atomic E-state index is 0.285. The average Bonchev–Trinajstić information content (AvgIpc) is 2.95. The molecule has 0 unspecified atom stereocenters. The van der Waals surface area contributed by atoms with Gasteiger partial charge in [-0.25, -0.2) is 13.1 Å². The summed E-state index contributed by atoms with van der Waals surface area (Å²) in [5, 5.41) is 2.97. The van der Waals surface area contributed by atoms with E-state index in [0.717, 1.165) is 18.5 Å². The SMILES string of the molecule is CNCc1cc(S(=O)(=O)NCCCc2ccccc2)c[nH]1. The quantitative estimate of drug-likeness (QED) is 0.649. The molecule has 0 atom stereocenters. The first-order valence-electron chi connectivity index (χ1n) is 6.97. The lowest BCUT2D eigenvalue weighted by molar-refractivity contribution is 0.579. The summed E-state index contributed by atoms with van der Waals surface area (Å²) in [5.74, 6) is 0. The Morgan fingerprint density at radius 3 is 2.67 bits per heavy atom. The van der Waals surface area contributed by atoms with Crippen molar-refractivity contribution < 1.29 is 8.42 Å². The fourth-order valence-corrected chi connectivity index (χ4v) is 3.18. The Kier molecular flexibility index (Phi) is 5.55. The molecule has 0 radical (unpaired) electrons. The maximum atomic E-state index is 12.1. The summed E-state index contributed by atoms with van der Waals surface area (Å²) in [4.78, 5) is 3.23. The smallest absolute Gasteiger partial charge is 0.242 e. The van der Waals surface area contributed by atoms with E-state index >= 15 is 0 Å². The molecule has 0 spiro atoms. The highest BCUT2D eigenvalue weighted by Crippen LogP contribution is 2.10. The molecule has 0 amide bonds. The number of aromatic nitrogens is 1. The van der Waals surface area contributed by atoms with Crippen LogP contribution in [0.25, 0.3) is 0 Å². The summed E-state index contributed by atoms with van der Waals surface area (Å²) in [6.07, 6.45) is 3.16. The van der Waals surface area contributed by atoms with Gasteiger partial charge in [-0.3, -0.25) is 0 Å². The zero-order valence-electron chi connectivity index (χ0n) is 12.1. The summed E-state index contributed by atoms with van der Waals surface area (Å²) in [6, 6.07) is 11.7. The lowest BCUT2D eigenvalue weighted by Gasteiger charge is -2.05. The number of aromatic amines is 1. The molecule has 5 nitrogen and oxygen atoms in total. The highest BCUT2D eigenvalue weighted by atomic mass is 32.2. The molecule has 2 aromatic rings. The molecule has 21 heavy (non-hydrogen) atoms. The number of benzene rings is 1. The first kappa shape index (κ1) is 15.8. The van der Waals surface area contributed by atoms with E-state index in [1.165, 1.54) is 11.8 Å². The van der Waals surface area contributed by atoms with Crippen LogP contribution in [-0.2, 0) is 23.0 Å². The number of hydrogen-bond acceptors (Lipinski definition) is 3. The van der Waals surface area contributed by atoms with Crippen LogP contribution >= 0.6 is 0 Å². The van der Waals surface area contributed by atoms with Gasteiger partial charge in [0, 0.05) is 25.0 Å². The van der Waals surface area contributed by atoms with Crippen LogP contribution < -0.4 is 10.0 Å². The maximum Gasteiger partial charge on any atom is 0.242 e. The van der Waals surface area contributed by atoms with E-state index in [1.54, 1.807) is 6.07 Å².